The molecule has 0 aliphatic heterocycles. The molecule has 1 N–H and O–H groups in total. The minimum Gasteiger partial charge on any atom is -0.311 e. The van der Waals surface area contributed by atoms with Crippen LogP contribution in [-0.2, 0) is 6.54 Å². The Bertz CT molecular complexity index is 587. The van der Waals surface area contributed by atoms with E-state index in [1.165, 1.54) is 12.1 Å². The standard InChI is InChI=1S/C15H17ClFN3/c1-10(2)8-18-9-12-5-6-19-15(20-12)13-4-3-11(17)7-14(13)16/h3-7,10,18H,8-9H2,1-2H3. The predicted molar refractivity (Wildman–Crippen MR) is 79.0 cm³/mol. The Balaban J connectivity index is 2.16. The van der Waals surface area contributed by atoms with Crippen molar-refractivity contribution in [2.75, 3.05) is 6.54 Å². The molecule has 2 aromatic rings. The fourth-order valence-electron chi connectivity index (χ4n) is 1.78. The van der Waals surface area contributed by atoms with E-state index in [1.807, 2.05) is 6.07 Å². The van der Waals surface area contributed by atoms with Crippen LogP contribution in [0.2, 0.25) is 5.02 Å². The molecule has 1 heterocycles. The maximum atomic E-state index is 13.0. The number of rotatable bonds is 5. The maximum Gasteiger partial charge on any atom is 0.160 e. The molecule has 3 nitrogen and oxygen atoms in total. The molecular weight excluding hydrogens is 277 g/mol. The minimum atomic E-state index is -0.367. The lowest BCUT2D eigenvalue weighted by molar-refractivity contribution is 0.548. The molecule has 0 spiro atoms. The highest BCUT2D eigenvalue weighted by molar-refractivity contribution is 6.33. The molecule has 0 bridgehead atoms. The first-order valence-electron chi connectivity index (χ1n) is 6.54. The van der Waals surface area contributed by atoms with Gasteiger partial charge in [0.05, 0.1) is 10.7 Å². The van der Waals surface area contributed by atoms with Crippen LogP contribution in [0.5, 0.6) is 0 Å². The van der Waals surface area contributed by atoms with Crippen LogP contribution in [0.3, 0.4) is 0 Å². The van der Waals surface area contributed by atoms with Crippen LogP contribution in [0.4, 0.5) is 4.39 Å². The third kappa shape index (κ3) is 3.99. The molecule has 0 radical (unpaired) electrons. The number of benzene rings is 1. The Labute approximate surface area is 123 Å². The van der Waals surface area contributed by atoms with Gasteiger partial charge < -0.3 is 5.32 Å². The molecular formula is C15H17ClFN3. The lowest BCUT2D eigenvalue weighted by Gasteiger charge is -2.08. The topological polar surface area (TPSA) is 37.8 Å². The Morgan fingerprint density at radius 1 is 1.30 bits per heavy atom. The summed E-state index contributed by atoms with van der Waals surface area (Å²) in [5.41, 5.74) is 1.52. The summed E-state index contributed by atoms with van der Waals surface area (Å²) in [5, 5.41) is 3.64. The number of hydrogen-bond donors (Lipinski definition) is 1. The number of nitrogens with one attached hydrogen (secondary N) is 1. The summed E-state index contributed by atoms with van der Waals surface area (Å²) in [6.07, 6.45) is 1.69. The monoisotopic (exact) mass is 293 g/mol. The van der Waals surface area contributed by atoms with Crippen molar-refractivity contribution in [3.63, 3.8) is 0 Å². The summed E-state index contributed by atoms with van der Waals surface area (Å²) in [7, 11) is 0. The molecule has 0 fully saturated rings. The van der Waals surface area contributed by atoms with E-state index in [0.717, 1.165) is 12.2 Å². The quantitative estimate of drug-likeness (QED) is 0.914. The van der Waals surface area contributed by atoms with E-state index in [-0.39, 0.29) is 5.82 Å². The van der Waals surface area contributed by atoms with E-state index >= 15 is 0 Å². The highest BCUT2D eigenvalue weighted by Crippen LogP contribution is 2.25. The van der Waals surface area contributed by atoms with Crippen LogP contribution in [0, 0.1) is 11.7 Å². The van der Waals surface area contributed by atoms with Crippen LogP contribution >= 0.6 is 11.6 Å². The molecule has 0 aliphatic carbocycles. The smallest absolute Gasteiger partial charge is 0.160 e. The highest BCUT2D eigenvalue weighted by Gasteiger charge is 2.08. The number of hydrogen-bond acceptors (Lipinski definition) is 3. The molecule has 0 saturated carbocycles. The third-order valence-electron chi connectivity index (χ3n) is 2.74. The van der Waals surface area contributed by atoms with Crippen LogP contribution in [0.15, 0.2) is 30.5 Å². The fraction of sp³-hybridized carbons (Fsp3) is 0.333. The molecule has 1 aromatic heterocycles. The Morgan fingerprint density at radius 2 is 2.10 bits per heavy atom. The van der Waals surface area contributed by atoms with E-state index in [4.69, 9.17) is 11.6 Å². The van der Waals surface area contributed by atoms with E-state index < -0.39 is 0 Å². The van der Waals surface area contributed by atoms with Crippen molar-refractivity contribution < 1.29 is 4.39 Å². The van der Waals surface area contributed by atoms with Crippen molar-refractivity contribution in [2.24, 2.45) is 5.92 Å². The van der Waals surface area contributed by atoms with E-state index in [9.17, 15) is 4.39 Å². The first-order valence-corrected chi connectivity index (χ1v) is 6.92. The van der Waals surface area contributed by atoms with Crippen molar-refractivity contribution in [3.8, 4) is 11.4 Å². The van der Waals surface area contributed by atoms with Crippen LogP contribution in [0.1, 0.15) is 19.5 Å². The third-order valence-corrected chi connectivity index (χ3v) is 3.06. The van der Waals surface area contributed by atoms with Gasteiger partial charge in [0.15, 0.2) is 5.82 Å². The summed E-state index contributed by atoms with van der Waals surface area (Å²) in [4.78, 5) is 8.65. The van der Waals surface area contributed by atoms with E-state index in [1.54, 1.807) is 12.3 Å². The molecule has 0 amide bonds. The first-order chi connectivity index (χ1) is 9.56. The van der Waals surface area contributed by atoms with E-state index in [2.05, 4.69) is 29.1 Å². The minimum absolute atomic E-state index is 0.317. The Hall–Kier alpha value is -1.52. The summed E-state index contributed by atoms with van der Waals surface area (Å²) in [5.74, 6) is 0.732. The molecule has 2 rings (SSSR count). The Morgan fingerprint density at radius 3 is 2.80 bits per heavy atom. The fourth-order valence-corrected chi connectivity index (χ4v) is 2.04. The summed E-state index contributed by atoms with van der Waals surface area (Å²) in [6.45, 7) is 5.90. The zero-order valence-corrected chi connectivity index (χ0v) is 12.3. The Kier molecular flexibility index (Phi) is 5.04. The lowest BCUT2D eigenvalue weighted by Crippen LogP contribution is -2.19. The SMILES string of the molecule is CC(C)CNCc1ccnc(-c2ccc(F)cc2Cl)n1. The zero-order valence-electron chi connectivity index (χ0n) is 11.5. The molecule has 0 atom stereocenters. The van der Waals surface area contributed by atoms with Crippen molar-refractivity contribution >= 4 is 11.6 Å². The molecule has 0 aliphatic rings. The van der Waals surface area contributed by atoms with Gasteiger partial charge in [0.1, 0.15) is 5.82 Å². The van der Waals surface area contributed by atoms with Crippen molar-refractivity contribution in [3.05, 3.63) is 47.0 Å². The van der Waals surface area contributed by atoms with Gasteiger partial charge in [-0.05, 0) is 36.7 Å². The molecule has 20 heavy (non-hydrogen) atoms. The first kappa shape index (κ1) is 14.9. The molecule has 1 aromatic carbocycles. The summed E-state index contributed by atoms with van der Waals surface area (Å²) < 4.78 is 13.0. The average molecular weight is 294 g/mol. The van der Waals surface area contributed by atoms with Crippen LogP contribution < -0.4 is 5.32 Å². The predicted octanol–water partition coefficient (Wildman–Crippen LogP) is 3.68. The van der Waals surface area contributed by atoms with Gasteiger partial charge in [-0.3, -0.25) is 0 Å². The number of halogens is 2. The largest absolute Gasteiger partial charge is 0.311 e. The summed E-state index contributed by atoms with van der Waals surface area (Å²) in [6, 6.07) is 6.07. The van der Waals surface area contributed by atoms with Gasteiger partial charge in [-0.2, -0.15) is 0 Å². The van der Waals surface area contributed by atoms with Gasteiger partial charge in [0, 0.05) is 18.3 Å². The van der Waals surface area contributed by atoms with Gasteiger partial charge in [-0.1, -0.05) is 25.4 Å². The molecule has 0 saturated heterocycles. The molecule has 106 valence electrons. The second-order valence-electron chi connectivity index (χ2n) is 5.02. The van der Waals surface area contributed by atoms with Gasteiger partial charge in [0.2, 0.25) is 0 Å². The number of nitrogens with zero attached hydrogens (tertiary/aromatic N) is 2. The van der Waals surface area contributed by atoms with E-state index in [0.29, 0.717) is 28.9 Å². The molecule has 5 heteroatoms. The number of aromatic nitrogens is 2. The second kappa shape index (κ2) is 6.77. The van der Waals surface area contributed by atoms with Crippen molar-refractivity contribution in [1.82, 2.24) is 15.3 Å². The summed E-state index contributed by atoms with van der Waals surface area (Å²) >= 11 is 6.03. The van der Waals surface area contributed by atoms with Crippen LogP contribution in [0.25, 0.3) is 11.4 Å². The second-order valence-corrected chi connectivity index (χ2v) is 5.43. The van der Waals surface area contributed by atoms with Gasteiger partial charge in [0.25, 0.3) is 0 Å². The van der Waals surface area contributed by atoms with Gasteiger partial charge in [-0.25, -0.2) is 14.4 Å². The van der Waals surface area contributed by atoms with Gasteiger partial charge in [-0.15, -0.1) is 0 Å². The zero-order chi connectivity index (χ0) is 14.5. The van der Waals surface area contributed by atoms with Crippen LogP contribution in [-0.4, -0.2) is 16.5 Å². The lowest BCUT2D eigenvalue weighted by atomic mass is 10.2. The van der Waals surface area contributed by atoms with Crippen molar-refractivity contribution in [2.45, 2.75) is 20.4 Å². The van der Waals surface area contributed by atoms with Crippen molar-refractivity contribution in [1.29, 1.82) is 0 Å². The average Bonchev–Trinajstić information content (AvgIpc) is 2.38. The van der Waals surface area contributed by atoms with Gasteiger partial charge >= 0.3 is 0 Å². The highest BCUT2D eigenvalue weighted by atomic mass is 35.5. The normalized spacial score (nSPS) is 11.1. The molecule has 0 unspecified atom stereocenters. The maximum absolute atomic E-state index is 13.0.